The van der Waals surface area contributed by atoms with Gasteiger partial charge in [-0.3, -0.25) is 0 Å². The van der Waals surface area contributed by atoms with Gasteiger partial charge in [-0.2, -0.15) is 0 Å². The predicted molar refractivity (Wildman–Crippen MR) is 69.9 cm³/mol. The average molecular weight is 234 g/mol. The van der Waals surface area contributed by atoms with E-state index < -0.39 is 0 Å². The van der Waals surface area contributed by atoms with Crippen LogP contribution in [0.15, 0.2) is 24.3 Å². The molecule has 0 saturated heterocycles. The Morgan fingerprint density at radius 1 is 1.41 bits per heavy atom. The molecule has 0 spiro atoms. The highest BCUT2D eigenvalue weighted by molar-refractivity contribution is 5.29. The van der Waals surface area contributed by atoms with Gasteiger partial charge in [-0.15, -0.1) is 0 Å². The lowest BCUT2D eigenvalue weighted by Crippen LogP contribution is -2.40. The predicted octanol–water partition coefficient (Wildman–Crippen LogP) is 2.31. The molecule has 3 heteroatoms. The van der Waals surface area contributed by atoms with Crippen molar-refractivity contribution in [3.63, 3.8) is 0 Å². The molecule has 2 rings (SSSR count). The maximum absolute atomic E-state index is 9.46. The molecular formula is C14H22N2O. The van der Waals surface area contributed by atoms with E-state index in [9.17, 15) is 5.11 Å². The van der Waals surface area contributed by atoms with Crippen LogP contribution in [0.5, 0.6) is 5.75 Å². The topological polar surface area (TPSA) is 58.3 Å². The normalized spacial score (nSPS) is 26.7. The lowest BCUT2D eigenvalue weighted by atomic mass is 9.91. The van der Waals surface area contributed by atoms with E-state index in [1.54, 1.807) is 6.07 Å². The van der Waals surface area contributed by atoms with Crippen molar-refractivity contribution in [2.45, 2.75) is 50.7 Å². The summed E-state index contributed by atoms with van der Waals surface area (Å²) in [6, 6.07) is 8.56. The number of hydrogen-bond acceptors (Lipinski definition) is 3. The van der Waals surface area contributed by atoms with Crippen LogP contribution in [0.4, 0.5) is 0 Å². The average Bonchev–Trinajstić information content (AvgIpc) is 2.29. The molecule has 1 aromatic carbocycles. The molecule has 4 N–H and O–H groups in total. The Hall–Kier alpha value is -1.06. The van der Waals surface area contributed by atoms with Gasteiger partial charge in [-0.05, 0) is 43.9 Å². The summed E-state index contributed by atoms with van der Waals surface area (Å²) in [5, 5.41) is 13.1. The molecule has 0 radical (unpaired) electrons. The van der Waals surface area contributed by atoms with Gasteiger partial charge in [0.2, 0.25) is 0 Å². The standard InChI is InChI=1S/C14H22N2O/c1-10(11-4-2-7-14(17)8-11)16-13-6-3-5-12(15)9-13/h2,4,7-8,10,12-13,16-17H,3,5-6,9,15H2,1H3. The van der Waals surface area contributed by atoms with E-state index in [0.717, 1.165) is 18.4 Å². The number of phenolic OH excluding ortho intramolecular Hbond substituents is 1. The fourth-order valence-corrected chi connectivity index (χ4v) is 2.62. The third kappa shape index (κ3) is 3.45. The van der Waals surface area contributed by atoms with Crippen molar-refractivity contribution in [3.8, 4) is 5.75 Å². The minimum absolute atomic E-state index is 0.261. The largest absolute Gasteiger partial charge is 0.508 e. The van der Waals surface area contributed by atoms with Gasteiger partial charge >= 0.3 is 0 Å². The molecule has 1 aromatic rings. The van der Waals surface area contributed by atoms with Crippen molar-refractivity contribution >= 4 is 0 Å². The fourth-order valence-electron chi connectivity index (χ4n) is 2.62. The molecule has 3 unspecified atom stereocenters. The van der Waals surface area contributed by atoms with Crippen LogP contribution in [0.1, 0.15) is 44.2 Å². The Labute approximate surface area is 103 Å². The van der Waals surface area contributed by atoms with Crippen LogP contribution in [0, 0.1) is 0 Å². The number of nitrogens with two attached hydrogens (primary N) is 1. The summed E-state index contributed by atoms with van der Waals surface area (Å²) in [5.74, 6) is 0.330. The number of nitrogens with one attached hydrogen (secondary N) is 1. The first-order chi connectivity index (χ1) is 8.15. The Morgan fingerprint density at radius 3 is 2.94 bits per heavy atom. The summed E-state index contributed by atoms with van der Waals surface area (Å²) >= 11 is 0. The number of aromatic hydroxyl groups is 1. The first-order valence-electron chi connectivity index (χ1n) is 6.45. The van der Waals surface area contributed by atoms with Gasteiger partial charge in [0.15, 0.2) is 0 Å². The molecule has 1 fully saturated rings. The van der Waals surface area contributed by atoms with Crippen molar-refractivity contribution in [3.05, 3.63) is 29.8 Å². The van der Waals surface area contributed by atoms with Crippen molar-refractivity contribution < 1.29 is 5.11 Å². The van der Waals surface area contributed by atoms with E-state index in [-0.39, 0.29) is 6.04 Å². The third-order valence-corrected chi connectivity index (χ3v) is 3.57. The second-order valence-electron chi connectivity index (χ2n) is 5.11. The van der Waals surface area contributed by atoms with Crippen molar-refractivity contribution in [2.24, 2.45) is 5.73 Å². The van der Waals surface area contributed by atoms with Crippen molar-refractivity contribution in [2.75, 3.05) is 0 Å². The highest BCUT2D eigenvalue weighted by atomic mass is 16.3. The van der Waals surface area contributed by atoms with Crippen LogP contribution in [-0.2, 0) is 0 Å². The van der Waals surface area contributed by atoms with Gasteiger partial charge in [0.25, 0.3) is 0 Å². The van der Waals surface area contributed by atoms with Crippen LogP contribution in [0.3, 0.4) is 0 Å². The quantitative estimate of drug-likeness (QED) is 0.752. The Kier molecular flexibility index (Phi) is 4.02. The van der Waals surface area contributed by atoms with E-state index >= 15 is 0 Å². The van der Waals surface area contributed by atoms with Crippen LogP contribution < -0.4 is 11.1 Å². The molecule has 94 valence electrons. The zero-order valence-electron chi connectivity index (χ0n) is 10.4. The summed E-state index contributed by atoms with van der Waals surface area (Å²) in [6.07, 6.45) is 4.63. The molecule has 0 bridgehead atoms. The summed E-state index contributed by atoms with van der Waals surface area (Å²) in [4.78, 5) is 0. The monoisotopic (exact) mass is 234 g/mol. The summed E-state index contributed by atoms with van der Waals surface area (Å²) in [5.41, 5.74) is 7.11. The van der Waals surface area contributed by atoms with E-state index in [1.165, 1.54) is 12.8 Å². The molecule has 3 nitrogen and oxygen atoms in total. The number of phenols is 1. The van der Waals surface area contributed by atoms with E-state index in [4.69, 9.17) is 5.73 Å². The Bertz CT molecular complexity index is 367. The molecule has 0 aromatic heterocycles. The molecule has 1 aliphatic carbocycles. The van der Waals surface area contributed by atoms with Gasteiger partial charge in [-0.25, -0.2) is 0 Å². The van der Waals surface area contributed by atoms with Crippen molar-refractivity contribution in [1.82, 2.24) is 5.32 Å². The maximum Gasteiger partial charge on any atom is 0.115 e. The molecule has 1 aliphatic rings. The first-order valence-corrected chi connectivity index (χ1v) is 6.45. The number of rotatable bonds is 3. The van der Waals surface area contributed by atoms with Gasteiger partial charge in [0, 0.05) is 18.1 Å². The van der Waals surface area contributed by atoms with E-state index in [2.05, 4.69) is 12.2 Å². The zero-order chi connectivity index (χ0) is 12.3. The Morgan fingerprint density at radius 2 is 2.24 bits per heavy atom. The maximum atomic E-state index is 9.46. The molecule has 0 heterocycles. The Balaban J connectivity index is 1.94. The fraction of sp³-hybridized carbons (Fsp3) is 0.571. The first kappa shape index (κ1) is 12.4. The van der Waals surface area contributed by atoms with Crippen LogP contribution in [0.2, 0.25) is 0 Å². The summed E-state index contributed by atoms with van der Waals surface area (Å²) < 4.78 is 0. The SMILES string of the molecule is CC(NC1CCCC(N)C1)c1cccc(O)c1. The van der Waals surface area contributed by atoms with E-state index in [1.807, 2.05) is 18.2 Å². The molecule has 0 amide bonds. The molecular weight excluding hydrogens is 212 g/mol. The van der Waals surface area contributed by atoms with Crippen LogP contribution in [0.25, 0.3) is 0 Å². The molecule has 17 heavy (non-hydrogen) atoms. The second kappa shape index (κ2) is 5.52. The lowest BCUT2D eigenvalue weighted by Gasteiger charge is -2.30. The number of hydrogen-bond donors (Lipinski definition) is 3. The van der Waals surface area contributed by atoms with Gasteiger partial charge < -0.3 is 16.2 Å². The minimum Gasteiger partial charge on any atom is -0.508 e. The van der Waals surface area contributed by atoms with Gasteiger partial charge in [0.1, 0.15) is 5.75 Å². The summed E-state index contributed by atoms with van der Waals surface area (Å²) in [7, 11) is 0. The van der Waals surface area contributed by atoms with Gasteiger partial charge in [0.05, 0.1) is 0 Å². The third-order valence-electron chi connectivity index (χ3n) is 3.57. The minimum atomic E-state index is 0.261. The molecule has 3 atom stereocenters. The number of benzene rings is 1. The van der Waals surface area contributed by atoms with Crippen LogP contribution >= 0.6 is 0 Å². The van der Waals surface area contributed by atoms with Gasteiger partial charge in [-0.1, -0.05) is 18.6 Å². The highest BCUT2D eigenvalue weighted by Gasteiger charge is 2.20. The summed E-state index contributed by atoms with van der Waals surface area (Å²) in [6.45, 7) is 2.13. The second-order valence-corrected chi connectivity index (χ2v) is 5.11. The zero-order valence-corrected chi connectivity index (χ0v) is 10.4. The smallest absolute Gasteiger partial charge is 0.115 e. The highest BCUT2D eigenvalue weighted by Crippen LogP contribution is 2.22. The van der Waals surface area contributed by atoms with Crippen LogP contribution in [-0.4, -0.2) is 17.2 Å². The van der Waals surface area contributed by atoms with Crippen molar-refractivity contribution in [1.29, 1.82) is 0 Å². The molecule has 1 saturated carbocycles. The van der Waals surface area contributed by atoms with E-state index in [0.29, 0.717) is 17.8 Å². The lowest BCUT2D eigenvalue weighted by molar-refractivity contribution is 0.318. The molecule has 0 aliphatic heterocycles.